The van der Waals surface area contributed by atoms with Crippen LogP contribution in [0.25, 0.3) is 16.7 Å². The maximum absolute atomic E-state index is 11.2. The van der Waals surface area contributed by atoms with Crippen molar-refractivity contribution in [2.24, 2.45) is 11.8 Å². The van der Waals surface area contributed by atoms with Gasteiger partial charge < -0.3 is 10.4 Å². The van der Waals surface area contributed by atoms with E-state index in [0.717, 1.165) is 33.7 Å². The lowest BCUT2D eigenvalue weighted by atomic mass is 9.71. The summed E-state index contributed by atoms with van der Waals surface area (Å²) in [5.41, 5.74) is 6.88. The summed E-state index contributed by atoms with van der Waals surface area (Å²) in [4.78, 5) is 21.7. The van der Waals surface area contributed by atoms with Gasteiger partial charge in [0, 0.05) is 24.3 Å². The Balaban J connectivity index is 1.53. The monoisotopic (exact) mass is 408 g/mol. The van der Waals surface area contributed by atoms with Crippen LogP contribution in [0.1, 0.15) is 43.9 Å². The van der Waals surface area contributed by atoms with E-state index in [4.69, 9.17) is 10.1 Å². The Bertz CT molecular complexity index is 1100. The minimum absolute atomic E-state index is 0.0218. The molecule has 0 saturated heterocycles. The van der Waals surface area contributed by atoms with Crippen LogP contribution in [0.3, 0.4) is 0 Å². The van der Waals surface area contributed by atoms with E-state index in [-0.39, 0.29) is 17.9 Å². The number of pyridine rings is 1. The van der Waals surface area contributed by atoms with E-state index in [1.807, 2.05) is 24.7 Å². The van der Waals surface area contributed by atoms with Gasteiger partial charge in [0.25, 0.3) is 0 Å². The second kappa shape index (κ2) is 6.71. The number of hydrogen-bond donors (Lipinski definition) is 3. The standard InChI is InChI=1S/C21H24N6O3/c1-3-27-19-17(11(2)25-27)18(24-14-4-13(5-14)20(28)29)15(10-23-19)16-8-21(30-26-16)6-12(7-21)9-22/h8,10,12-14,26H,3-7H2,1-2H3,(H,23,24)(H,28,29). The lowest BCUT2D eigenvalue weighted by Crippen LogP contribution is -2.43. The molecule has 2 aromatic heterocycles. The van der Waals surface area contributed by atoms with Crippen molar-refractivity contribution < 1.29 is 14.7 Å². The van der Waals surface area contributed by atoms with Crippen LogP contribution < -0.4 is 10.8 Å². The van der Waals surface area contributed by atoms with Crippen LogP contribution in [-0.2, 0) is 16.2 Å². The maximum atomic E-state index is 11.2. The highest BCUT2D eigenvalue weighted by Gasteiger charge is 2.48. The molecule has 5 rings (SSSR count). The molecule has 0 unspecified atom stereocenters. The number of hydroxylamine groups is 1. The van der Waals surface area contributed by atoms with E-state index in [0.29, 0.717) is 32.2 Å². The van der Waals surface area contributed by atoms with Crippen LogP contribution in [0.15, 0.2) is 12.3 Å². The van der Waals surface area contributed by atoms with E-state index >= 15 is 0 Å². The summed E-state index contributed by atoms with van der Waals surface area (Å²) in [5, 5.41) is 27.5. The average Bonchev–Trinajstić information content (AvgIpc) is 3.24. The third-order valence-corrected chi connectivity index (χ3v) is 6.50. The third-order valence-electron chi connectivity index (χ3n) is 6.50. The van der Waals surface area contributed by atoms with Gasteiger partial charge in [-0.15, -0.1) is 0 Å². The summed E-state index contributed by atoms with van der Waals surface area (Å²) in [6, 6.07) is 2.38. The molecule has 9 heteroatoms. The Kier molecular flexibility index (Phi) is 4.22. The second-order valence-corrected chi connectivity index (χ2v) is 8.56. The quantitative estimate of drug-likeness (QED) is 0.689. The zero-order valence-electron chi connectivity index (χ0n) is 17.0. The van der Waals surface area contributed by atoms with Gasteiger partial charge in [0.2, 0.25) is 0 Å². The fraction of sp³-hybridized carbons (Fsp3) is 0.524. The van der Waals surface area contributed by atoms with Crippen LogP contribution in [0.5, 0.6) is 0 Å². The number of aryl methyl sites for hydroxylation is 2. The highest BCUT2D eigenvalue weighted by atomic mass is 16.7. The van der Waals surface area contributed by atoms with Crippen molar-refractivity contribution >= 4 is 28.4 Å². The Morgan fingerprint density at radius 3 is 2.93 bits per heavy atom. The van der Waals surface area contributed by atoms with Gasteiger partial charge in [0.15, 0.2) is 5.65 Å². The Morgan fingerprint density at radius 2 is 2.27 bits per heavy atom. The molecule has 0 atom stereocenters. The first-order valence-corrected chi connectivity index (χ1v) is 10.4. The van der Waals surface area contributed by atoms with Crippen LogP contribution >= 0.6 is 0 Å². The van der Waals surface area contributed by atoms with Crippen molar-refractivity contribution in [1.29, 1.82) is 5.26 Å². The van der Waals surface area contributed by atoms with E-state index in [2.05, 4.69) is 33.0 Å². The molecule has 2 fully saturated rings. The zero-order chi connectivity index (χ0) is 21.0. The van der Waals surface area contributed by atoms with E-state index < -0.39 is 11.6 Å². The Morgan fingerprint density at radius 1 is 1.50 bits per heavy atom. The second-order valence-electron chi connectivity index (χ2n) is 8.56. The molecule has 3 N–H and O–H groups in total. The SMILES string of the molecule is CCn1nc(C)c2c(NC3CC(C(=O)O)C3)c(C3=CC4(CC(C#N)C4)ON3)cnc21. The van der Waals surface area contributed by atoms with Crippen LogP contribution in [-0.4, -0.2) is 37.5 Å². The Hall–Kier alpha value is -3.12. The molecular weight excluding hydrogens is 384 g/mol. The lowest BCUT2D eigenvalue weighted by Gasteiger charge is -2.37. The highest BCUT2D eigenvalue weighted by molar-refractivity contribution is 5.98. The van der Waals surface area contributed by atoms with E-state index in [9.17, 15) is 9.90 Å². The molecule has 9 nitrogen and oxygen atoms in total. The van der Waals surface area contributed by atoms with Gasteiger partial charge in [-0.2, -0.15) is 10.4 Å². The molecule has 1 aliphatic heterocycles. The smallest absolute Gasteiger partial charge is 0.306 e. The van der Waals surface area contributed by atoms with Crippen LogP contribution in [0.2, 0.25) is 0 Å². The first kappa shape index (κ1) is 18.9. The molecule has 30 heavy (non-hydrogen) atoms. The molecule has 0 bridgehead atoms. The number of hydrogen-bond acceptors (Lipinski definition) is 7. The first-order chi connectivity index (χ1) is 14.4. The van der Waals surface area contributed by atoms with Crippen LogP contribution in [0, 0.1) is 30.1 Å². The van der Waals surface area contributed by atoms with Gasteiger partial charge in [-0.25, -0.2) is 9.67 Å². The summed E-state index contributed by atoms with van der Waals surface area (Å²) in [6.07, 6.45) is 6.40. The molecule has 3 heterocycles. The van der Waals surface area contributed by atoms with Gasteiger partial charge in [-0.1, -0.05) is 0 Å². The number of carboxylic acids is 1. The average molecular weight is 408 g/mol. The minimum atomic E-state index is -0.740. The molecule has 0 aromatic carbocycles. The number of rotatable bonds is 5. The molecule has 2 aromatic rings. The summed E-state index contributed by atoms with van der Waals surface area (Å²) in [6.45, 7) is 4.70. The van der Waals surface area contributed by atoms with Crippen molar-refractivity contribution in [1.82, 2.24) is 20.2 Å². The normalized spacial score (nSPS) is 29.6. The summed E-state index contributed by atoms with van der Waals surface area (Å²) in [5.74, 6) is -1.01. The van der Waals surface area contributed by atoms with Gasteiger partial charge in [0.1, 0.15) is 5.60 Å². The number of nitriles is 1. The largest absolute Gasteiger partial charge is 0.481 e. The number of fused-ring (bicyclic) bond motifs is 1. The number of nitrogens with one attached hydrogen (secondary N) is 2. The van der Waals surface area contributed by atoms with E-state index in [1.165, 1.54) is 0 Å². The molecule has 156 valence electrons. The van der Waals surface area contributed by atoms with Gasteiger partial charge in [-0.05, 0) is 45.6 Å². The Labute approximate surface area is 173 Å². The number of carboxylic acid groups (broad SMARTS) is 1. The summed E-state index contributed by atoms with van der Waals surface area (Å²) >= 11 is 0. The number of nitrogens with zero attached hydrogens (tertiary/aromatic N) is 4. The van der Waals surface area contributed by atoms with Crippen molar-refractivity contribution in [3.05, 3.63) is 23.5 Å². The molecule has 2 saturated carbocycles. The van der Waals surface area contributed by atoms with Crippen molar-refractivity contribution in [3.8, 4) is 6.07 Å². The number of aromatic nitrogens is 3. The van der Waals surface area contributed by atoms with Crippen molar-refractivity contribution in [2.75, 3.05) is 5.32 Å². The number of carbonyl (C=O) groups is 1. The lowest BCUT2D eigenvalue weighted by molar-refractivity contribution is -0.144. The third kappa shape index (κ3) is 2.82. The number of aliphatic carboxylic acids is 1. The van der Waals surface area contributed by atoms with Crippen molar-refractivity contribution in [2.45, 2.75) is 57.7 Å². The molecule has 1 spiro atoms. The minimum Gasteiger partial charge on any atom is -0.481 e. The maximum Gasteiger partial charge on any atom is 0.306 e. The first-order valence-electron chi connectivity index (χ1n) is 10.4. The van der Waals surface area contributed by atoms with Gasteiger partial charge in [0.05, 0.1) is 40.4 Å². The molecule has 3 aliphatic rings. The molecule has 0 radical (unpaired) electrons. The fourth-order valence-corrected chi connectivity index (χ4v) is 4.71. The highest BCUT2D eigenvalue weighted by Crippen LogP contribution is 2.47. The predicted octanol–water partition coefficient (Wildman–Crippen LogP) is 2.58. The van der Waals surface area contributed by atoms with Crippen molar-refractivity contribution in [3.63, 3.8) is 0 Å². The van der Waals surface area contributed by atoms with Gasteiger partial charge >= 0.3 is 5.97 Å². The zero-order valence-corrected chi connectivity index (χ0v) is 17.0. The molecular formula is C21H24N6O3. The predicted molar refractivity (Wildman–Crippen MR) is 109 cm³/mol. The summed E-state index contributed by atoms with van der Waals surface area (Å²) < 4.78 is 1.87. The summed E-state index contributed by atoms with van der Waals surface area (Å²) in [7, 11) is 0. The number of anilines is 1. The van der Waals surface area contributed by atoms with Crippen LogP contribution in [0.4, 0.5) is 5.69 Å². The van der Waals surface area contributed by atoms with Gasteiger partial charge in [-0.3, -0.25) is 15.1 Å². The topological polar surface area (TPSA) is 125 Å². The molecule has 2 aliphatic carbocycles. The molecule has 0 amide bonds. The van der Waals surface area contributed by atoms with E-state index in [1.54, 1.807) is 0 Å². The fourth-order valence-electron chi connectivity index (χ4n) is 4.71.